The molecule has 41 heavy (non-hydrogen) atoms. The highest BCUT2D eigenvalue weighted by atomic mass is 32.1. The molecule has 0 amide bonds. The molecule has 2 aromatic heterocycles. The van der Waals surface area contributed by atoms with Crippen molar-refractivity contribution in [1.82, 2.24) is 25.0 Å². The van der Waals surface area contributed by atoms with Crippen LogP contribution in [-0.2, 0) is 0 Å². The van der Waals surface area contributed by atoms with Crippen LogP contribution in [0.25, 0.3) is 27.3 Å². The van der Waals surface area contributed by atoms with Crippen molar-refractivity contribution in [3.8, 4) is 17.2 Å². The molecule has 3 aromatic carbocycles. The maximum Gasteiger partial charge on any atom is 0.281 e. The first-order valence-electron chi connectivity index (χ1n) is 12.2. The predicted molar refractivity (Wildman–Crippen MR) is 159 cm³/mol. The Balaban J connectivity index is 1.40. The topological polar surface area (TPSA) is 138 Å². The number of aromatic nitrogens is 3. The molecule has 5 rings (SSSR count). The lowest BCUT2D eigenvalue weighted by molar-refractivity contribution is 0.0882. The number of methoxy groups -OCH3 is 3. The summed E-state index contributed by atoms with van der Waals surface area (Å²) in [5.74, 6) is 0.614. The van der Waals surface area contributed by atoms with Crippen LogP contribution in [0, 0.1) is 0 Å². The van der Waals surface area contributed by atoms with Crippen LogP contribution in [0.2, 0.25) is 0 Å². The van der Waals surface area contributed by atoms with Crippen LogP contribution in [-0.4, -0.2) is 59.3 Å². The summed E-state index contributed by atoms with van der Waals surface area (Å²) in [4.78, 5) is 48.9. The lowest BCUT2D eigenvalue weighted by atomic mass is 10.2. The highest BCUT2D eigenvalue weighted by molar-refractivity contribution is 7.80. The SMILES string of the molecule is COc1cc(/C=N/C(=S)NNCC(=O)n2c(=O)c3ccccc3c3nc4ccccc4c(=O)n32)cc(OC)c1OC. The summed E-state index contributed by atoms with van der Waals surface area (Å²) in [6, 6.07) is 16.8. The molecule has 0 bridgehead atoms. The zero-order chi connectivity index (χ0) is 29.1. The van der Waals surface area contributed by atoms with E-state index in [1.54, 1.807) is 60.7 Å². The molecule has 0 aliphatic carbocycles. The van der Waals surface area contributed by atoms with Crippen molar-refractivity contribution in [2.75, 3.05) is 27.9 Å². The molecule has 0 saturated carbocycles. The molecule has 0 atom stereocenters. The number of hydrogen-bond donors (Lipinski definition) is 2. The van der Waals surface area contributed by atoms with Crippen LogP contribution in [0.1, 0.15) is 10.4 Å². The molecule has 0 fully saturated rings. The van der Waals surface area contributed by atoms with Gasteiger partial charge in [0, 0.05) is 17.2 Å². The maximum atomic E-state index is 13.5. The minimum atomic E-state index is -0.714. The lowest BCUT2D eigenvalue weighted by Crippen LogP contribution is -2.45. The minimum Gasteiger partial charge on any atom is -0.493 e. The second kappa shape index (κ2) is 11.5. The number of carbonyl (C=O) groups is 1. The first kappa shape index (κ1) is 27.4. The molecule has 0 unspecified atom stereocenters. The molecule has 208 valence electrons. The van der Waals surface area contributed by atoms with Crippen molar-refractivity contribution >= 4 is 56.8 Å². The molecule has 0 radical (unpaired) electrons. The Morgan fingerprint density at radius 2 is 1.56 bits per heavy atom. The summed E-state index contributed by atoms with van der Waals surface area (Å²) in [5, 5.41) is 0.987. The van der Waals surface area contributed by atoms with Crippen LogP contribution in [0.4, 0.5) is 0 Å². The number of rotatable bonds is 7. The number of benzene rings is 3. The molecule has 0 aliphatic heterocycles. The Morgan fingerprint density at radius 1 is 0.927 bits per heavy atom. The largest absolute Gasteiger partial charge is 0.493 e. The zero-order valence-electron chi connectivity index (χ0n) is 22.2. The highest BCUT2D eigenvalue weighted by Crippen LogP contribution is 2.37. The van der Waals surface area contributed by atoms with Crippen LogP contribution in [0.3, 0.4) is 0 Å². The van der Waals surface area contributed by atoms with Crippen molar-refractivity contribution in [2.24, 2.45) is 4.99 Å². The van der Waals surface area contributed by atoms with Crippen molar-refractivity contribution in [3.63, 3.8) is 0 Å². The van der Waals surface area contributed by atoms with Gasteiger partial charge in [0.05, 0.1) is 44.2 Å². The predicted octanol–water partition coefficient (Wildman–Crippen LogP) is 2.33. The summed E-state index contributed by atoms with van der Waals surface area (Å²) in [6.07, 6.45) is 1.47. The van der Waals surface area contributed by atoms with Crippen molar-refractivity contribution in [3.05, 3.63) is 86.9 Å². The van der Waals surface area contributed by atoms with Crippen LogP contribution < -0.4 is 36.2 Å². The fraction of sp³-hybridized carbons (Fsp3) is 0.143. The van der Waals surface area contributed by atoms with E-state index >= 15 is 0 Å². The Labute approximate surface area is 237 Å². The molecular formula is C28H24N6O6S. The Bertz CT molecular complexity index is 1960. The van der Waals surface area contributed by atoms with E-state index < -0.39 is 23.6 Å². The van der Waals surface area contributed by atoms with Gasteiger partial charge >= 0.3 is 0 Å². The van der Waals surface area contributed by atoms with Gasteiger partial charge in [-0.2, -0.15) is 9.20 Å². The second-order valence-corrected chi connectivity index (χ2v) is 9.01. The molecule has 2 N–H and O–H groups in total. The Kier molecular flexibility index (Phi) is 7.72. The number of carbonyl (C=O) groups excluding carboxylic acids is 1. The van der Waals surface area contributed by atoms with Gasteiger partial charge in [-0.05, 0) is 42.5 Å². The molecule has 0 spiro atoms. The Hall–Kier alpha value is -5.14. The third-order valence-corrected chi connectivity index (χ3v) is 6.44. The van der Waals surface area contributed by atoms with Crippen LogP contribution in [0.5, 0.6) is 17.2 Å². The smallest absolute Gasteiger partial charge is 0.281 e. The lowest BCUT2D eigenvalue weighted by Gasteiger charge is -2.14. The van der Waals surface area contributed by atoms with E-state index in [4.69, 9.17) is 26.4 Å². The van der Waals surface area contributed by atoms with E-state index in [1.165, 1.54) is 27.5 Å². The average Bonchev–Trinajstić information content (AvgIpc) is 3.00. The number of hydrazine groups is 1. The highest BCUT2D eigenvalue weighted by Gasteiger charge is 2.19. The van der Waals surface area contributed by atoms with Gasteiger partial charge in [0.1, 0.15) is 0 Å². The standard InChI is InChI=1S/C28H24N6O6S/c1-38-21-12-16(13-22(39-2)24(21)40-3)14-29-28(41)32-30-15-23(35)33-26(36)18-9-5-4-8-17(18)25-31-20-11-7-6-10-19(20)27(37)34(25)33/h4-14,30H,15H2,1-3H3,(H,32,41)/b29-14+. The number of hydrogen-bond acceptors (Lipinski definition) is 9. The van der Waals surface area contributed by atoms with E-state index in [0.717, 1.165) is 9.20 Å². The van der Waals surface area contributed by atoms with E-state index in [1.807, 2.05) is 0 Å². The summed E-state index contributed by atoms with van der Waals surface area (Å²) in [7, 11) is 4.51. The van der Waals surface area contributed by atoms with Gasteiger partial charge in [0.2, 0.25) is 10.9 Å². The van der Waals surface area contributed by atoms with Gasteiger partial charge in [-0.1, -0.05) is 30.3 Å². The van der Waals surface area contributed by atoms with E-state index in [0.29, 0.717) is 33.7 Å². The number of fused-ring (bicyclic) bond motifs is 4. The third kappa shape index (κ3) is 5.11. The summed E-state index contributed by atoms with van der Waals surface area (Å²) >= 11 is 5.23. The molecular weight excluding hydrogens is 548 g/mol. The maximum absolute atomic E-state index is 13.5. The van der Waals surface area contributed by atoms with E-state index in [-0.39, 0.29) is 21.5 Å². The first-order chi connectivity index (χ1) is 19.9. The van der Waals surface area contributed by atoms with Gasteiger partial charge in [-0.3, -0.25) is 19.8 Å². The summed E-state index contributed by atoms with van der Waals surface area (Å²) in [6.45, 7) is -0.396. The number of para-hydroxylation sites is 1. The van der Waals surface area contributed by atoms with E-state index in [2.05, 4.69) is 20.8 Å². The van der Waals surface area contributed by atoms with Crippen molar-refractivity contribution < 1.29 is 19.0 Å². The minimum absolute atomic E-state index is 0.00657. The quantitative estimate of drug-likeness (QED) is 0.0983. The number of nitrogens with zero attached hydrogens (tertiary/aromatic N) is 4. The van der Waals surface area contributed by atoms with Crippen molar-refractivity contribution in [1.29, 1.82) is 0 Å². The normalized spacial score (nSPS) is 11.3. The number of nitrogens with one attached hydrogen (secondary N) is 2. The number of thiocarbonyl (C=S) groups is 1. The van der Waals surface area contributed by atoms with Crippen molar-refractivity contribution in [2.45, 2.75) is 0 Å². The molecule has 0 saturated heterocycles. The Morgan fingerprint density at radius 3 is 2.22 bits per heavy atom. The van der Waals surface area contributed by atoms with Crippen LogP contribution in [0.15, 0.2) is 75.2 Å². The van der Waals surface area contributed by atoms with Gasteiger partial charge in [-0.15, -0.1) is 0 Å². The van der Waals surface area contributed by atoms with Gasteiger partial charge < -0.3 is 14.2 Å². The second-order valence-electron chi connectivity index (χ2n) is 8.63. The van der Waals surface area contributed by atoms with Gasteiger partial charge in [-0.25, -0.2) is 15.4 Å². The monoisotopic (exact) mass is 572 g/mol. The average molecular weight is 573 g/mol. The molecule has 13 heteroatoms. The fourth-order valence-electron chi connectivity index (χ4n) is 4.39. The number of aliphatic imine (C=N–C) groups is 1. The summed E-state index contributed by atoms with van der Waals surface area (Å²) in [5.41, 5.74) is 5.37. The zero-order valence-corrected chi connectivity index (χ0v) is 23.0. The summed E-state index contributed by atoms with van der Waals surface area (Å²) < 4.78 is 17.8. The molecule has 12 nitrogen and oxygen atoms in total. The molecule has 2 heterocycles. The first-order valence-corrected chi connectivity index (χ1v) is 12.6. The molecule has 5 aromatic rings. The van der Waals surface area contributed by atoms with Crippen LogP contribution >= 0.6 is 12.2 Å². The number of ether oxygens (including phenoxy) is 3. The fourth-order valence-corrected chi connectivity index (χ4v) is 4.51. The third-order valence-electron chi connectivity index (χ3n) is 6.23. The van der Waals surface area contributed by atoms with E-state index in [9.17, 15) is 14.4 Å². The van der Waals surface area contributed by atoms with Gasteiger partial charge in [0.25, 0.3) is 17.0 Å². The molecule has 0 aliphatic rings. The van der Waals surface area contributed by atoms with Gasteiger partial charge in [0.15, 0.2) is 17.1 Å².